The molecule has 0 aliphatic rings. The minimum atomic E-state index is -0.0193. The van der Waals surface area contributed by atoms with Crippen LogP contribution in [0.3, 0.4) is 0 Å². The molecule has 5 heteroatoms. The summed E-state index contributed by atoms with van der Waals surface area (Å²) in [5.41, 5.74) is 3.46. The summed E-state index contributed by atoms with van der Waals surface area (Å²) in [6.07, 6.45) is 3.03. The van der Waals surface area contributed by atoms with Gasteiger partial charge in [0, 0.05) is 24.3 Å². The fourth-order valence-corrected chi connectivity index (χ4v) is 2.03. The van der Waals surface area contributed by atoms with Crippen LogP contribution in [0.1, 0.15) is 29.8 Å². The lowest BCUT2D eigenvalue weighted by Crippen LogP contribution is -2.12. The van der Waals surface area contributed by atoms with Gasteiger partial charge in [0.1, 0.15) is 0 Å². The van der Waals surface area contributed by atoms with E-state index >= 15 is 0 Å². The van der Waals surface area contributed by atoms with Gasteiger partial charge in [0.15, 0.2) is 0 Å². The first-order valence-corrected chi connectivity index (χ1v) is 6.88. The smallest absolute Gasteiger partial charge is 0.224 e. The van der Waals surface area contributed by atoms with Crippen molar-refractivity contribution in [3.8, 4) is 6.07 Å². The fourth-order valence-electron chi connectivity index (χ4n) is 2.03. The summed E-state index contributed by atoms with van der Waals surface area (Å²) in [6, 6.07) is 8.89. The van der Waals surface area contributed by atoms with Gasteiger partial charge in [0.05, 0.1) is 23.7 Å². The molecule has 1 aromatic heterocycles. The van der Waals surface area contributed by atoms with E-state index < -0.39 is 0 Å². The Balaban J connectivity index is 1.79. The van der Waals surface area contributed by atoms with E-state index in [0.29, 0.717) is 17.7 Å². The molecule has 0 bridgehead atoms. The van der Waals surface area contributed by atoms with E-state index in [2.05, 4.69) is 14.9 Å². The third-order valence-electron chi connectivity index (χ3n) is 3.45. The Labute approximate surface area is 124 Å². The highest BCUT2D eigenvalue weighted by Crippen LogP contribution is 2.10. The van der Waals surface area contributed by atoms with Gasteiger partial charge in [-0.1, -0.05) is 0 Å². The number of nitrogens with one attached hydrogen (secondary N) is 1. The number of benzene rings is 1. The van der Waals surface area contributed by atoms with E-state index in [-0.39, 0.29) is 5.91 Å². The third kappa shape index (κ3) is 3.93. The topological polar surface area (TPSA) is 70.7 Å². The van der Waals surface area contributed by atoms with Crippen LogP contribution in [0.2, 0.25) is 0 Å². The maximum atomic E-state index is 11.8. The second kappa shape index (κ2) is 6.71. The zero-order valence-electron chi connectivity index (χ0n) is 12.3. The molecule has 0 unspecified atom stereocenters. The molecule has 0 aliphatic heterocycles. The number of nitriles is 1. The first kappa shape index (κ1) is 14.8. The van der Waals surface area contributed by atoms with Gasteiger partial charge < -0.3 is 9.88 Å². The minimum Gasteiger partial charge on any atom is -0.335 e. The van der Waals surface area contributed by atoms with Gasteiger partial charge in [-0.2, -0.15) is 5.26 Å². The quantitative estimate of drug-likeness (QED) is 0.916. The Hall–Kier alpha value is -2.61. The van der Waals surface area contributed by atoms with Crippen LogP contribution in [0, 0.1) is 25.2 Å². The highest BCUT2D eigenvalue weighted by molar-refractivity contribution is 5.90. The van der Waals surface area contributed by atoms with E-state index in [1.54, 1.807) is 24.3 Å². The lowest BCUT2D eigenvalue weighted by atomic mass is 10.2. The van der Waals surface area contributed by atoms with Crippen molar-refractivity contribution >= 4 is 11.6 Å². The molecule has 0 radical (unpaired) electrons. The molecule has 1 aromatic carbocycles. The van der Waals surface area contributed by atoms with Gasteiger partial charge in [-0.25, -0.2) is 4.98 Å². The van der Waals surface area contributed by atoms with Gasteiger partial charge in [0.2, 0.25) is 5.91 Å². The molecule has 1 heterocycles. The van der Waals surface area contributed by atoms with Crippen LogP contribution < -0.4 is 5.32 Å². The fraction of sp³-hybridized carbons (Fsp3) is 0.312. The summed E-state index contributed by atoms with van der Waals surface area (Å²) in [5, 5.41) is 11.5. The van der Waals surface area contributed by atoms with Gasteiger partial charge in [-0.05, 0) is 44.5 Å². The molecule has 0 saturated carbocycles. The Kier molecular flexibility index (Phi) is 4.72. The average molecular weight is 282 g/mol. The Morgan fingerprint density at radius 3 is 2.62 bits per heavy atom. The molecule has 2 aromatic rings. The molecule has 0 saturated heterocycles. The lowest BCUT2D eigenvalue weighted by Gasteiger charge is -2.07. The van der Waals surface area contributed by atoms with Gasteiger partial charge in [-0.15, -0.1) is 0 Å². The Morgan fingerprint density at radius 1 is 1.33 bits per heavy atom. The van der Waals surface area contributed by atoms with Crippen LogP contribution in [0.25, 0.3) is 0 Å². The predicted octanol–water partition coefficient (Wildman–Crippen LogP) is 2.79. The Morgan fingerprint density at radius 2 is 2.05 bits per heavy atom. The van der Waals surface area contributed by atoms with Crippen LogP contribution >= 0.6 is 0 Å². The summed E-state index contributed by atoms with van der Waals surface area (Å²) < 4.78 is 2.06. The first-order valence-electron chi connectivity index (χ1n) is 6.88. The zero-order chi connectivity index (χ0) is 15.2. The van der Waals surface area contributed by atoms with Crippen LogP contribution in [0.15, 0.2) is 30.6 Å². The number of nitrogens with zero attached hydrogens (tertiary/aromatic N) is 3. The van der Waals surface area contributed by atoms with Gasteiger partial charge in [-0.3, -0.25) is 4.79 Å². The normalized spacial score (nSPS) is 10.1. The second-order valence-electron chi connectivity index (χ2n) is 4.95. The zero-order valence-corrected chi connectivity index (χ0v) is 12.3. The Bertz CT molecular complexity index is 665. The van der Waals surface area contributed by atoms with Crippen molar-refractivity contribution < 1.29 is 4.79 Å². The molecule has 0 fully saturated rings. The molecule has 1 amide bonds. The van der Waals surface area contributed by atoms with Crippen LogP contribution in [0.5, 0.6) is 0 Å². The van der Waals surface area contributed by atoms with Crippen molar-refractivity contribution in [3.63, 3.8) is 0 Å². The SMILES string of the molecule is Cc1ncn(CCCC(=O)Nc2ccc(C#N)cc2)c1C. The van der Waals surface area contributed by atoms with E-state index in [1.165, 1.54) is 0 Å². The molecule has 21 heavy (non-hydrogen) atoms. The lowest BCUT2D eigenvalue weighted by molar-refractivity contribution is -0.116. The van der Waals surface area contributed by atoms with Crippen molar-refractivity contribution in [2.45, 2.75) is 33.2 Å². The summed E-state index contributed by atoms with van der Waals surface area (Å²) >= 11 is 0. The number of aryl methyl sites for hydroxylation is 2. The largest absolute Gasteiger partial charge is 0.335 e. The highest BCUT2D eigenvalue weighted by Gasteiger charge is 2.05. The summed E-state index contributed by atoms with van der Waals surface area (Å²) in [7, 11) is 0. The standard InChI is InChI=1S/C16H18N4O/c1-12-13(2)20(11-18-12)9-3-4-16(21)19-15-7-5-14(10-17)6-8-15/h5-8,11H,3-4,9H2,1-2H3,(H,19,21). The molecule has 0 aliphatic carbocycles. The van der Waals surface area contributed by atoms with E-state index in [0.717, 1.165) is 24.4 Å². The molecule has 1 N–H and O–H groups in total. The van der Waals surface area contributed by atoms with Crippen molar-refractivity contribution in [3.05, 3.63) is 47.5 Å². The van der Waals surface area contributed by atoms with E-state index in [1.807, 2.05) is 26.2 Å². The summed E-state index contributed by atoms with van der Waals surface area (Å²) in [6.45, 7) is 4.79. The predicted molar refractivity (Wildman–Crippen MR) is 80.7 cm³/mol. The van der Waals surface area contributed by atoms with Gasteiger partial charge >= 0.3 is 0 Å². The average Bonchev–Trinajstić information content (AvgIpc) is 2.80. The molecule has 5 nitrogen and oxygen atoms in total. The maximum absolute atomic E-state index is 11.8. The minimum absolute atomic E-state index is 0.0193. The summed E-state index contributed by atoms with van der Waals surface area (Å²) in [5.74, 6) is -0.0193. The molecule has 108 valence electrons. The van der Waals surface area contributed by atoms with Gasteiger partial charge in [0.25, 0.3) is 0 Å². The number of carbonyl (C=O) groups excluding carboxylic acids is 1. The van der Waals surface area contributed by atoms with Crippen molar-refractivity contribution in [1.82, 2.24) is 9.55 Å². The number of imidazole rings is 1. The number of carbonyl (C=O) groups is 1. The number of hydrogen-bond donors (Lipinski definition) is 1. The summed E-state index contributed by atoms with van der Waals surface area (Å²) in [4.78, 5) is 16.1. The second-order valence-corrected chi connectivity index (χ2v) is 4.95. The molecular formula is C16H18N4O. The maximum Gasteiger partial charge on any atom is 0.224 e. The monoisotopic (exact) mass is 282 g/mol. The van der Waals surface area contributed by atoms with Crippen molar-refractivity contribution in [1.29, 1.82) is 5.26 Å². The number of hydrogen-bond acceptors (Lipinski definition) is 3. The number of rotatable bonds is 5. The van der Waals surface area contributed by atoms with Crippen LogP contribution in [-0.2, 0) is 11.3 Å². The van der Waals surface area contributed by atoms with Crippen LogP contribution in [0.4, 0.5) is 5.69 Å². The van der Waals surface area contributed by atoms with Crippen molar-refractivity contribution in [2.24, 2.45) is 0 Å². The van der Waals surface area contributed by atoms with Crippen LogP contribution in [-0.4, -0.2) is 15.5 Å². The third-order valence-corrected chi connectivity index (χ3v) is 3.45. The number of aromatic nitrogens is 2. The number of anilines is 1. The van der Waals surface area contributed by atoms with E-state index in [9.17, 15) is 4.79 Å². The number of amides is 1. The molecule has 2 rings (SSSR count). The highest BCUT2D eigenvalue weighted by atomic mass is 16.1. The van der Waals surface area contributed by atoms with E-state index in [4.69, 9.17) is 5.26 Å². The molecule has 0 spiro atoms. The first-order chi connectivity index (χ1) is 10.1. The molecular weight excluding hydrogens is 264 g/mol. The van der Waals surface area contributed by atoms with Crippen molar-refractivity contribution in [2.75, 3.05) is 5.32 Å². The molecule has 0 atom stereocenters.